The van der Waals surface area contributed by atoms with E-state index in [2.05, 4.69) is 11.8 Å². The van der Waals surface area contributed by atoms with Gasteiger partial charge in [-0.25, -0.2) is 8.42 Å². The zero-order valence-electron chi connectivity index (χ0n) is 12.8. The number of piperazine rings is 1. The fourth-order valence-electron chi connectivity index (χ4n) is 3.21. The van der Waals surface area contributed by atoms with Crippen LogP contribution in [0.3, 0.4) is 0 Å². The lowest BCUT2D eigenvalue weighted by atomic mass is 10.1. The van der Waals surface area contributed by atoms with Crippen molar-refractivity contribution in [2.75, 3.05) is 26.2 Å². The van der Waals surface area contributed by atoms with Crippen LogP contribution in [0.2, 0.25) is 0 Å². The summed E-state index contributed by atoms with van der Waals surface area (Å²) in [4.78, 5) is 2.90. The third-order valence-electron chi connectivity index (χ3n) is 4.86. The van der Waals surface area contributed by atoms with Crippen LogP contribution in [0.25, 0.3) is 0 Å². The van der Waals surface area contributed by atoms with Gasteiger partial charge in [0.15, 0.2) is 0 Å². The molecule has 1 aliphatic heterocycles. The molecule has 4 nitrogen and oxygen atoms in total. The van der Waals surface area contributed by atoms with E-state index < -0.39 is 10.0 Å². The number of sulfonamides is 1. The molecule has 5 heteroatoms. The van der Waals surface area contributed by atoms with Crippen LogP contribution in [-0.4, -0.2) is 49.8 Å². The van der Waals surface area contributed by atoms with Gasteiger partial charge >= 0.3 is 0 Å². The zero-order valence-corrected chi connectivity index (χ0v) is 13.6. The molecule has 0 aromatic heterocycles. The molecule has 0 spiro atoms. The average Bonchev–Trinajstić information content (AvgIpc) is 3.31. The molecule has 21 heavy (non-hydrogen) atoms. The Kier molecular flexibility index (Phi) is 4.08. The van der Waals surface area contributed by atoms with Crippen LogP contribution in [0.1, 0.15) is 25.3 Å². The van der Waals surface area contributed by atoms with Crippen molar-refractivity contribution in [3.8, 4) is 0 Å². The van der Waals surface area contributed by atoms with E-state index in [0.717, 1.165) is 24.6 Å². The van der Waals surface area contributed by atoms with E-state index in [1.165, 1.54) is 12.8 Å². The molecule has 116 valence electrons. The molecule has 1 aromatic carbocycles. The van der Waals surface area contributed by atoms with Crippen molar-refractivity contribution in [3.63, 3.8) is 0 Å². The first-order valence-corrected chi connectivity index (χ1v) is 9.24. The van der Waals surface area contributed by atoms with Gasteiger partial charge in [0.05, 0.1) is 4.90 Å². The summed E-state index contributed by atoms with van der Waals surface area (Å²) >= 11 is 0. The molecule has 0 amide bonds. The molecule has 3 rings (SSSR count). The first-order valence-electron chi connectivity index (χ1n) is 7.80. The van der Waals surface area contributed by atoms with Crippen LogP contribution >= 0.6 is 0 Å². The van der Waals surface area contributed by atoms with Crippen molar-refractivity contribution in [2.24, 2.45) is 5.92 Å². The number of aryl methyl sites for hydroxylation is 1. The molecule has 1 unspecified atom stereocenters. The Hall–Kier alpha value is -0.910. The standard InChI is InChI=1S/C16H24N2O2S/c1-13-5-3-4-6-16(13)21(19,20)18-11-9-17(10-12-18)14(2)15-7-8-15/h3-6,14-15H,7-12H2,1-2H3. The minimum atomic E-state index is -3.34. The minimum absolute atomic E-state index is 0.452. The average molecular weight is 308 g/mol. The second kappa shape index (κ2) is 5.71. The topological polar surface area (TPSA) is 40.6 Å². The SMILES string of the molecule is Cc1ccccc1S(=O)(=O)N1CCN(C(C)C2CC2)CC1. The first-order chi connectivity index (χ1) is 10.00. The quantitative estimate of drug-likeness (QED) is 0.855. The number of rotatable bonds is 4. The molecule has 0 bridgehead atoms. The molecule has 1 saturated carbocycles. The minimum Gasteiger partial charge on any atom is -0.298 e. The Morgan fingerprint density at radius 1 is 1.10 bits per heavy atom. The van der Waals surface area contributed by atoms with E-state index in [0.29, 0.717) is 24.0 Å². The fourth-order valence-corrected chi connectivity index (χ4v) is 4.86. The smallest absolute Gasteiger partial charge is 0.243 e. The van der Waals surface area contributed by atoms with Gasteiger partial charge in [-0.3, -0.25) is 4.90 Å². The number of nitrogens with zero attached hydrogens (tertiary/aromatic N) is 2. The van der Waals surface area contributed by atoms with Crippen LogP contribution in [-0.2, 0) is 10.0 Å². The van der Waals surface area contributed by atoms with Gasteiger partial charge in [0, 0.05) is 32.2 Å². The summed E-state index contributed by atoms with van der Waals surface area (Å²) in [6.45, 7) is 7.05. The molecule has 1 saturated heterocycles. The van der Waals surface area contributed by atoms with Gasteiger partial charge in [0.2, 0.25) is 10.0 Å². The molecule has 1 aromatic rings. The summed E-state index contributed by atoms with van der Waals surface area (Å²) in [5.74, 6) is 0.838. The Bertz CT molecular complexity index is 602. The Labute approximate surface area is 127 Å². The van der Waals surface area contributed by atoms with Gasteiger partial charge in [0.25, 0.3) is 0 Å². The predicted octanol–water partition coefficient (Wildman–Crippen LogP) is 2.10. The summed E-state index contributed by atoms with van der Waals surface area (Å²) in [5, 5.41) is 0. The van der Waals surface area contributed by atoms with Gasteiger partial charge in [0.1, 0.15) is 0 Å². The molecular formula is C16H24N2O2S. The summed E-state index contributed by atoms with van der Waals surface area (Å²) in [6, 6.07) is 7.85. The fraction of sp³-hybridized carbons (Fsp3) is 0.625. The normalized spacial score (nSPS) is 23.1. The second-order valence-electron chi connectivity index (χ2n) is 6.28. The van der Waals surface area contributed by atoms with Crippen molar-refractivity contribution >= 4 is 10.0 Å². The van der Waals surface area contributed by atoms with Crippen LogP contribution in [0.15, 0.2) is 29.2 Å². The maximum absolute atomic E-state index is 12.7. The number of benzene rings is 1. The monoisotopic (exact) mass is 308 g/mol. The lowest BCUT2D eigenvalue weighted by molar-refractivity contribution is 0.133. The van der Waals surface area contributed by atoms with Crippen LogP contribution in [0.4, 0.5) is 0 Å². The highest BCUT2D eigenvalue weighted by molar-refractivity contribution is 7.89. The van der Waals surface area contributed by atoms with Gasteiger partial charge in [-0.1, -0.05) is 18.2 Å². The summed E-state index contributed by atoms with van der Waals surface area (Å²) in [5.41, 5.74) is 0.825. The third kappa shape index (κ3) is 3.00. The van der Waals surface area contributed by atoms with Crippen LogP contribution in [0.5, 0.6) is 0 Å². The van der Waals surface area contributed by atoms with E-state index >= 15 is 0 Å². The van der Waals surface area contributed by atoms with E-state index in [9.17, 15) is 8.42 Å². The van der Waals surface area contributed by atoms with E-state index in [4.69, 9.17) is 0 Å². The number of hydrogen-bond donors (Lipinski definition) is 0. The van der Waals surface area contributed by atoms with Crippen LogP contribution < -0.4 is 0 Å². The molecule has 0 radical (unpaired) electrons. The Morgan fingerprint density at radius 2 is 1.71 bits per heavy atom. The van der Waals surface area contributed by atoms with E-state index in [-0.39, 0.29) is 0 Å². The van der Waals surface area contributed by atoms with Gasteiger partial charge in [-0.05, 0) is 44.2 Å². The second-order valence-corrected chi connectivity index (χ2v) is 8.19. The van der Waals surface area contributed by atoms with Gasteiger partial charge < -0.3 is 0 Å². The highest BCUT2D eigenvalue weighted by atomic mass is 32.2. The van der Waals surface area contributed by atoms with Crippen molar-refractivity contribution in [1.82, 2.24) is 9.21 Å². The molecule has 1 atom stereocenters. The van der Waals surface area contributed by atoms with Crippen molar-refractivity contribution < 1.29 is 8.42 Å². The zero-order chi connectivity index (χ0) is 15.0. The summed E-state index contributed by atoms with van der Waals surface area (Å²) < 4.78 is 27.1. The van der Waals surface area contributed by atoms with Crippen molar-refractivity contribution in [3.05, 3.63) is 29.8 Å². The molecule has 1 heterocycles. The Morgan fingerprint density at radius 3 is 2.29 bits per heavy atom. The number of hydrogen-bond acceptors (Lipinski definition) is 3. The van der Waals surface area contributed by atoms with Crippen molar-refractivity contribution in [2.45, 2.75) is 37.6 Å². The maximum Gasteiger partial charge on any atom is 0.243 e. The molecule has 2 aliphatic rings. The largest absolute Gasteiger partial charge is 0.298 e. The van der Waals surface area contributed by atoms with E-state index in [1.807, 2.05) is 19.1 Å². The first kappa shape index (κ1) is 15.0. The lowest BCUT2D eigenvalue weighted by Crippen LogP contribution is -2.51. The summed E-state index contributed by atoms with van der Waals surface area (Å²) in [6.07, 6.45) is 2.67. The predicted molar refractivity (Wildman–Crippen MR) is 83.7 cm³/mol. The molecule has 0 N–H and O–H groups in total. The summed E-state index contributed by atoms with van der Waals surface area (Å²) in [7, 11) is -3.34. The van der Waals surface area contributed by atoms with E-state index in [1.54, 1.807) is 16.4 Å². The Balaban J connectivity index is 1.70. The highest BCUT2D eigenvalue weighted by Crippen LogP contribution is 2.35. The van der Waals surface area contributed by atoms with Crippen LogP contribution in [0, 0.1) is 12.8 Å². The molecular weight excluding hydrogens is 284 g/mol. The lowest BCUT2D eigenvalue weighted by Gasteiger charge is -2.37. The van der Waals surface area contributed by atoms with Crippen molar-refractivity contribution in [1.29, 1.82) is 0 Å². The molecule has 1 aliphatic carbocycles. The highest BCUT2D eigenvalue weighted by Gasteiger charge is 2.35. The van der Waals surface area contributed by atoms with Gasteiger partial charge in [-0.15, -0.1) is 0 Å². The third-order valence-corrected chi connectivity index (χ3v) is 6.92. The maximum atomic E-state index is 12.7. The molecule has 2 fully saturated rings. The van der Waals surface area contributed by atoms with Gasteiger partial charge in [-0.2, -0.15) is 4.31 Å².